The lowest BCUT2D eigenvalue weighted by Gasteiger charge is -2.12. The molecule has 1 amide bonds. The van der Waals surface area contributed by atoms with Crippen molar-refractivity contribution >= 4 is 17.4 Å². The number of alkyl halides is 3. The monoisotopic (exact) mass is 325 g/mol. The number of carbonyl (C=O) groups excluding carboxylic acids is 1. The number of carbonyl (C=O) groups is 1. The van der Waals surface area contributed by atoms with E-state index < -0.39 is 17.6 Å². The molecule has 0 unspecified atom stereocenters. The lowest BCUT2D eigenvalue weighted by molar-refractivity contribution is -0.137. The van der Waals surface area contributed by atoms with Crippen LogP contribution < -0.4 is 10.8 Å². The standard InChI is InChI=1S/C15H14F3N3O2/c1-2-23-21-14(22)12-7-4-8-19-13(12)20-11-6-3-5-10(9-11)15(16,17)18/h3-9H,2H2,1H3,(H,19,20)(H,21,22). The number of hydrogen-bond acceptors (Lipinski definition) is 4. The van der Waals surface area contributed by atoms with Crippen LogP contribution in [0.25, 0.3) is 0 Å². The molecule has 0 saturated carbocycles. The Hall–Kier alpha value is -2.61. The summed E-state index contributed by atoms with van der Waals surface area (Å²) in [6, 6.07) is 7.66. The maximum atomic E-state index is 12.7. The molecule has 2 aromatic rings. The van der Waals surface area contributed by atoms with Crippen LogP contribution in [0.1, 0.15) is 22.8 Å². The van der Waals surface area contributed by atoms with Gasteiger partial charge in [0.2, 0.25) is 0 Å². The number of hydrogen-bond donors (Lipinski definition) is 2. The van der Waals surface area contributed by atoms with E-state index in [0.717, 1.165) is 12.1 Å². The highest BCUT2D eigenvalue weighted by Crippen LogP contribution is 2.31. The molecule has 0 aliphatic rings. The molecular formula is C15H14F3N3O2. The third-order valence-corrected chi connectivity index (χ3v) is 2.81. The van der Waals surface area contributed by atoms with Gasteiger partial charge in [-0.15, -0.1) is 0 Å². The van der Waals surface area contributed by atoms with E-state index in [0.29, 0.717) is 0 Å². The van der Waals surface area contributed by atoms with E-state index in [4.69, 9.17) is 4.84 Å². The predicted molar refractivity (Wildman–Crippen MR) is 78.1 cm³/mol. The maximum Gasteiger partial charge on any atom is 0.416 e. The van der Waals surface area contributed by atoms with Crippen molar-refractivity contribution in [2.24, 2.45) is 0 Å². The number of aromatic nitrogens is 1. The number of pyridine rings is 1. The van der Waals surface area contributed by atoms with Gasteiger partial charge in [-0.3, -0.25) is 9.63 Å². The van der Waals surface area contributed by atoms with E-state index in [-0.39, 0.29) is 23.7 Å². The summed E-state index contributed by atoms with van der Waals surface area (Å²) >= 11 is 0. The second kappa shape index (κ2) is 7.10. The lowest BCUT2D eigenvalue weighted by atomic mass is 10.2. The molecule has 2 rings (SSSR count). The summed E-state index contributed by atoms with van der Waals surface area (Å²) in [4.78, 5) is 20.7. The van der Waals surface area contributed by atoms with Gasteiger partial charge in [-0.25, -0.2) is 10.5 Å². The summed E-state index contributed by atoms with van der Waals surface area (Å²) in [5, 5.41) is 2.71. The van der Waals surface area contributed by atoms with Crippen molar-refractivity contribution < 1.29 is 22.8 Å². The molecule has 1 aromatic heterocycles. The van der Waals surface area contributed by atoms with Gasteiger partial charge in [0.05, 0.1) is 17.7 Å². The van der Waals surface area contributed by atoms with Gasteiger partial charge in [0.1, 0.15) is 5.82 Å². The van der Waals surface area contributed by atoms with E-state index in [1.165, 1.54) is 30.5 Å². The summed E-state index contributed by atoms with van der Waals surface area (Å²) in [5.41, 5.74) is 1.74. The van der Waals surface area contributed by atoms with Crippen molar-refractivity contribution in [3.05, 3.63) is 53.7 Å². The molecule has 0 atom stereocenters. The summed E-state index contributed by atoms with van der Waals surface area (Å²) in [5.74, 6) is -0.418. The van der Waals surface area contributed by atoms with Gasteiger partial charge < -0.3 is 5.32 Å². The fourth-order valence-electron chi connectivity index (χ4n) is 1.79. The topological polar surface area (TPSA) is 63.2 Å². The third-order valence-electron chi connectivity index (χ3n) is 2.81. The van der Waals surface area contributed by atoms with Gasteiger partial charge in [-0.1, -0.05) is 6.07 Å². The second-order valence-corrected chi connectivity index (χ2v) is 4.47. The molecular weight excluding hydrogens is 311 g/mol. The molecule has 0 bridgehead atoms. The number of hydroxylamine groups is 1. The normalized spacial score (nSPS) is 11.1. The van der Waals surface area contributed by atoms with E-state index in [1.54, 1.807) is 6.92 Å². The first kappa shape index (κ1) is 16.8. The minimum absolute atomic E-state index is 0.129. The number of nitrogens with zero attached hydrogens (tertiary/aromatic N) is 1. The molecule has 2 N–H and O–H groups in total. The van der Waals surface area contributed by atoms with Crippen LogP contribution in [0.5, 0.6) is 0 Å². The van der Waals surface area contributed by atoms with Crippen LogP contribution in [0.3, 0.4) is 0 Å². The van der Waals surface area contributed by atoms with Gasteiger partial charge >= 0.3 is 6.18 Å². The molecule has 0 radical (unpaired) electrons. The largest absolute Gasteiger partial charge is 0.416 e. The van der Waals surface area contributed by atoms with Crippen LogP contribution in [-0.4, -0.2) is 17.5 Å². The van der Waals surface area contributed by atoms with Crippen molar-refractivity contribution in [3.63, 3.8) is 0 Å². The third kappa shape index (κ3) is 4.43. The molecule has 5 nitrogen and oxygen atoms in total. The van der Waals surface area contributed by atoms with Crippen LogP contribution in [0.15, 0.2) is 42.6 Å². The zero-order chi connectivity index (χ0) is 16.9. The Morgan fingerprint density at radius 2 is 2.04 bits per heavy atom. The SMILES string of the molecule is CCONC(=O)c1cccnc1Nc1cccc(C(F)(F)F)c1. The van der Waals surface area contributed by atoms with E-state index >= 15 is 0 Å². The number of nitrogens with one attached hydrogen (secondary N) is 2. The highest BCUT2D eigenvalue weighted by molar-refractivity contribution is 5.98. The van der Waals surface area contributed by atoms with Crippen molar-refractivity contribution in [2.75, 3.05) is 11.9 Å². The summed E-state index contributed by atoms with van der Waals surface area (Å²) in [6.45, 7) is 1.98. The predicted octanol–water partition coefficient (Wildman–Crippen LogP) is 3.53. The van der Waals surface area contributed by atoms with Gasteiger partial charge in [0.15, 0.2) is 0 Å². The van der Waals surface area contributed by atoms with Gasteiger partial charge in [-0.2, -0.15) is 13.2 Å². The second-order valence-electron chi connectivity index (χ2n) is 4.47. The van der Waals surface area contributed by atoms with Gasteiger partial charge in [-0.05, 0) is 37.3 Å². The highest BCUT2D eigenvalue weighted by atomic mass is 19.4. The van der Waals surface area contributed by atoms with Crippen molar-refractivity contribution in [2.45, 2.75) is 13.1 Å². The van der Waals surface area contributed by atoms with Crippen LogP contribution in [-0.2, 0) is 11.0 Å². The fourth-order valence-corrected chi connectivity index (χ4v) is 1.79. The van der Waals surface area contributed by atoms with Gasteiger partial charge in [0.25, 0.3) is 5.91 Å². The van der Waals surface area contributed by atoms with Crippen molar-refractivity contribution in [1.29, 1.82) is 0 Å². The summed E-state index contributed by atoms with van der Waals surface area (Å²) in [6.07, 6.45) is -3.02. The lowest BCUT2D eigenvalue weighted by Crippen LogP contribution is -2.24. The molecule has 23 heavy (non-hydrogen) atoms. The molecule has 0 aliphatic carbocycles. The average molecular weight is 325 g/mol. The minimum atomic E-state index is -4.45. The van der Waals surface area contributed by atoms with Crippen molar-refractivity contribution in [1.82, 2.24) is 10.5 Å². The van der Waals surface area contributed by atoms with Crippen LogP contribution in [0.4, 0.5) is 24.7 Å². The molecule has 1 aromatic carbocycles. The molecule has 1 heterocycles. The summed E-state index contributed by atoms with van der Waals surface area (Å²) in [7, 11) is 0. The zero-order valence-electron chi connectivity index (χ0n) is 12.1. The number of anilines is 2. The first-order chi connectivity index (χ1) is 10.9. The first-order valence-electron chi connectivity index (χ1n) is 6.73. The minimum Gasteiger partial charge on any atom is -0.340 e. The number of amides is 1. The van der Waals surface area contributed by atoms with Gasteiger partial charge in [0, 0.05) is 11.9 Å². The van der Waals surface area contributed by atoms with Crippen LogP contribution >= 0.6 is 0 Å². The molecule has 8 heteroatoms. The van der Waals surface area contributed by atoms with Crippen LogP contribution in [0.2, 0.25) is 0 Å². The Balaban J connectivity index is 2.25. The molecule has 122 valence electrons. The summed E-state index contributed by atoms with van der Waals surface area (Å²) < 4.78 is 38.2. The molecule has 0 fully saturated rings. The van der Waals surface area contributed by atoms with Crippen molar-refractivity contribution in [3.8, 4) is 0 Å². The molecule has 0 spiro atoms. The zero-order valence-corrected chi connectivity index (χ0v) is 12.1. The van der Waals surface area contributed by atoms with E-state index in [9.17, 15) is 18.0 Å². The van der Waals surface area contributed by atoms with E-state index in [2.05, 4.69) is 15.8 Å². The Labute approximate surface area is 130 Å². The Kier molecular flexibility index (Phi) is 5.17. The number of halogens is 3. The molecule has 0 aliphatic heterocycles. The van der Waals surface area contributed by atoms with Crippen LogP contribution in [0, 0.1) is 0 Å². The maximum absolute atomic E-state index is 12.7. The Morgan fingerprint density at radius 1 is 1.26 bits per heavy atom. The Bertz CT molecular complexity index is 690. The fraction of sp³-hybridized carbons (Fsp3) is 0.200. The smallest absolute Gasteiger partial charge is 0.340 e. The number of rotatable bonds is 5. The van der Waals surface area contributed by atoms with E-state index in [1.807, 2.05) is 0 Å². The highest BCUT2D eigenvalue weighted by Gasteiger charge is 2.30. The quantitative estimate of drug-likeness (QED) is 0.826. The first-order valence-corrected chi connectivity index (χ1v) is 6.73. The molecule has 0 saturated heterocycles. The number of benzene rings is 1. The average Bonchev–Trinajstić information content (AvgIpc) is 2.52. The Morgan fingerprint density at radius 3 is 2.74 bits per heavy atom.